The fraction of sp³-hybridized carbons (Fsp3) is 0.528. The lowest BCUT2D eigenvalue weighted by atomic mass is 9.79. The molecule has 0 aromatic heterocycles. The zero-order valence-electron chi connectivity index (χ0n) is 27.1. The molecule has 6 rings (SSSR count). The number of rotatable bonds is 6. The summed E-state index contributed by atoms with van der Waals surface area (Å²) in [7, 11) is 2.17. The number of urea groups is 1. The molecule has 3 saturated heterocycles. The van der Waals surface area contributed by atoms with Crippen molar-refractivity contribution in [3.05, 3.63) is 58.1 Å². The normalized spacial score (nSPS) is 20.7. The number of nitrogens with two attached hydrogens (primary N) is 1. The van der Waals surface area contributed by atoms with Crippen LogP contribution in [0.1, 0.15) is 55.2 Å². The van der Waals surface area contributed by atoms with Crippen LogP contribution in [0.2, 0.25) is 5.02 Å². The standard InChI is InChI=1S/C36H45ClN6O4/c1-3-25-20-24(21-30(37)33(25)38)22-32(34(44)41-16-10-27(11-17-41)26-8-14-40(2)15-9-26)47-36(46)42-18-12-29(13-19-42)43-23-28-6-4-5-7-31(28)39-35(43)45/h1,4-7,20-21,26-27,29,32H,8-19,22-23,38H2,2H3,(H,39,45)/t32-/m1/s1. The van der Waals surface area contributed by atoms with E-state index in [1.807, 2.05) is 34.1 Å². The van der Waals surface area contributed by atoms with E-state index in [-0.39, 0.29) is 24.4 Å². The van der Waals surface area contributed by atoms with Crippen LogP contribution in [0.3, 0.4) is 0 Å². The molecule has 250 valence electrons. The Morgan fingerprint density at radius 1 is 1.00 bits per heavy atom. The van der Waals surface area contributed by atoms with E-state index in [1.54, 1.807) is 17.0 Å². The molecule has 2 aromatic rings. The molecule has 2 aromatic carbocycles. The monoisotopic (exact) mass is 660 g/mol. The number of carbonyl (C=O) groups is 3. The molecule has 0 spiro atoms. The molecule has 3 fully saturated rings. The van der Waals surface area contributed by atoms with E-state index in [0.29, 0.717) is 79.2 Å². The Morgan fingerprint density at radius 2 is 1.64 bits per heavy atom. The van der Waals surface area contributed by atoms with Gasteiger partial charge in [-0.25, -0.2) is 9.59 Å². The quantitative estimate of drug-likeness (QED) is 0.332. The summed E-state index contributed by atoms with van der Waals surface area (Å²) in [6.45, 7) is 4.93. The molecule has 47 heavy (non-hydrogen) atoms. The molecule has 1 atom stereocenters. The summed E-state index contributed by atoms with van der Waals surface area (Å²) in [5, 5.41) is 3.28. The maximum atomic E-state index is 14.0. The van der Waals surface area contributed by atoms with Crippen LogP contribution in [0, 0.1) is 24.2 Å². The number of hydrogen-bond donors (Lipinski definition) is 2. The molecular weight excluding hydrogens is 616 g/mol. The number of anilines is 2. The van der Waals surface area contributed by atoms with E-state index in [1.165, 1.54) is 12.8 Å². The lowest BCUT2D eigenvalue weighted by molar-refractivity contribution is -0.142. The van der Waals surface area contributed by atoms with E-state index in [4.69, 9.17) is 28.5 Å². The predicted octanol–water partition coefficient (Wildman–Crippen LogP) is 5.04. The summed E-state index contributed by atoms with van der Waals surface area (Å²) < 4.78 is 6.03. The number of piperidine rings is 3. The van der Waals surface area contributed by atoms with Crippen LogP contribution in [0.25, 0.3) is 0 Å². The van der Waals surface area contributed by atoms with Crippen molar-refractivity contribution in [1.29, 1.82) is 0 Å². The molecule has 10 nitrogen and oxygen atoms in total. The van der Waals surface area contributed by atoms with Crippen molar-refractivity contribution < 1.29 is 19.1 Å². The first-order chi connectivity index (χ1) is 22.7. The van der Waals surface area contributed by atoms with E-state index < -0.39 is 12.2 Å². The van der Waals surface area contributed by atoms with Gasteiger partial charge in [-0.15, -0.1) is 6.42 Å². The number of nitrogens with one attached hydrogen (secondary N) is 1. The maximum Gasteiger partial charge on any atom is 0.410 e. The maximum absolute atomic E-state index is 14.0. The molecule has 11 heteroatoms. The third-order valence-electron chi connectivity index (χ3n) is 10.6. The Hall–Kier alpha value is -3.94. The molecule has 0 unspecified atom stereocenters. The van der Waals surface area contributed by atoms with Gasteiger partial charge >= 0.3 is 12.1 Å². The van der Waals surface area contributed by atoms with E-state index in [9.17, 15) is 14.4 Å². The van der Waals surface area contributed by atoms with Gasteiger partial charge in [0, 0.05) is 56.4 Å². The summed E-state index contributed by atoms with van der Waals surface area (Å²) in [5.74, 6) is 3.67. The molecule has 0 saturated carbocycles. The van der Waals surface area contributed by atoms with Crippen molar-refractivity contribution in [2.45, 2.75) is 63.6 Å². The topological polar surface area (TPSA) is 111 Å². The number of carbonyl (C=O) groups excluding carboxylic acids is 3. The van der Waals surface area contributed by atoms with Gasteiger partial charge < -0.3 is 35.4 Å². The van der Waals surface area contributed by atoms with Gasteiger partial charge in [-0.05, 0) is 99.8 Å². The predicted molar refractivity (Wildman–Crippen MR) is 183 cm³/mol. The smallest absolute Gasteiger partial charge is 0.410 e. The zero-order valence-corrected chi connectivity index (χ0v) is 27.9. The molecule has 0 aliphatic carbocycles. The van der Waals surface area contributed by atoms with Crippen LogP contribution in [0.4, 0.5) is 21.0 Å². The Bertz CT molecular complexity index is 1520. The van der Waals surface area contributed by atoms with Gasteiger partial charge in [0.15, 0.2) is 6.10 Å². The SMILES string of the molecule is C#Cc1cc(C[C@@H](OC(=O)N2CCC(N3Cc4ccccc4NC3=O)CC2)C(=O)N2CCC(C3CCN(C)CC3)CC2)cc(Cl)c1N. The number of amides is 4. The average Bonchev–Trinajstić information content (AvgIpc) is 3.09. The lowest BCUT2D eigenvalue weighted by Crippen LogP contribution is -2.52. The number of para-hydroxylation sites is 1. The molecule has 4 aliphatic rings. The highest BCUT2D eigenvalue weighted by molar-refractivity contribution is 6.33. The largest absolute Gasteiger partial charge is 0.436 e. The van der Waals surface area contributed by atoms with Crippen molar-refractivity contribution >= 4 is 41.0 Å². The molecular formula is C36H45ClN6O4. The van der Waals surface area contributed by atoms with Crippen LogP contribution < -0.4 is 11.1 Å². The Labute approximate surface area is 282 Å². The fourth-order valence-electron chi connectivity index (χ4n) is 7.67. The van der Waals surface area contributed by atoms with Crippen molar-refractivity contribution in [1.82, 2.24) is 19.6 Å². The highest BCUT2D eigenvalue weighted by Gasteiger charge is 2.37. The van der Waals surface area contributed by atoms with Crippen molar-refractivity contribution in [2.24, 2.45) is 11.8 Å². The summed E-state index contributed by atoms with van der Waals surface area (Å²) in [4.78, 5) is 48.2. The van der Waals surface area contributed by atoms with Gasteiger partial charge in [0.1, 0.15) is 0 Å². The number of fused-ring (bicyclic) bond motifs is 1. The van der Waals surface area contributed by atoms with Gasteiger partial charge in [-0.3, -0.25) is 4.79 Å². The second-order valence-corrected chi connectivity index (χ2v) is 13.9. The van der Waals surface area contributed by atoms with Crippen molar-refractivity contribution in [3.63, 3.8) is 0 Å². The van der Waals surface area contributed by atoms with Gasteiger partial charge in [-0.1, -0.05) is 35.7 Å². The van der Waals surface area contributed by atoms with Crippen LogP contribution in [0.5, 0.6) is 0 Å². The molecule has 4 aliphatic heterocycles. The molecule has 4 amide bonds. The minimum atomic E-state index is -1.03. The highest BCUT2D eigenvalue weighted by atomic mass is 35.5. The number of halogens is 1. The molecule has 4 heterocycles. The summed E-state index contributed by atoms with van der Waals surface area (Å²) in [6, 6.07) is 11.1. The molecule has 0 radical (unpaired) electrons. The Balaban J connectivity index is 1.10. The second kappa shape index (κ2) is 14.4. The van der Waals surface area contributed by atoms with E-state index in [0.717, 1.165) is 37.2 Å². The van der Waals surface area contributed by atoms with Crippen LogP contribution in [0.15, 0.2) is 36.4 Å². The molecule has 0 bridgehead atoms. The first-order valence-electron chi connectivity index (χ1n) is 16.8. The molecule has 3 N–H and O–H groups in total. The Kier molecular flexibility index (Phi) is 10.1. The van der Waals surface area contributed by atoms with Crippen molar-refractivity contribution in [3.8, 4) is 12.3 Å². The summed E-state index contributed by atoms with van der Waals surface area (Å²) in [5.41, 5.74) is 9.39. The number of nitrogen functional groups attached to an aromatic ring is 1. The average molecular weight is 661 g/mol. The van der Waals surface area contributed by atoms with Crippen LogP contribution in [-0.4, -0.2) is 96.1 Å². The van der Waals surface area contributed by atoms with Gasteiger partial charge in [0.25, 0.3) is 5.91 Å². The van der Waals surface area contributed by atoms with Gasteiger partial charge in [-0.2, -0.15) is 0 Å². The van der Waals surface area contributed by atoms with E-state index in [2.05, 4.69) is 23.2 Å². The number of ether oxygens (including phenoxy) is 1. The summed E-state index contributed by atoms with van der Waals surface area (Å²) >= 11 is 6.38. The van der Waals surface area contributed by atoms with Gasteiger partial charge in [0.05, 0.1) is 10.7 Å². The highest BCUT2D eigenvalue weighted by Crippen LogP contribution is 2.33. The van der Waals surface area contributed by atoms with Crippen LogP contribution in [-0.2, 0) is 22.5 Å². The first-order valence-corrected chi connectivity index (χ1v) is 17.2. The number of hydrogen-bond acceptors (Lipinski definition) is 6. The first kappa shape index (κ1) is 33.0. The minimum Gasteiger partial charge on any atom is -0.436 e. The van der Waals surface area contributed by atoms with E-state index >= 15 is 0 Å². The number of nitrogens with zero attached hydrogens (tertiary/aromatic N) is 4. The number of terminal acetylenes is 1. The Morgan fingerprint density at radius 3 is 2.32 bits per heavy atom. The van der Waals surface area contributed by atoms with Crippen molar-refractivity contribution in [2.75, 3.05) is 57.4 Å². The van der Waals surface area contributed by atoms with Crippen LogP contribution >= 0.6 is 11.6 Å². The summed E-state index contributed by atoms with van der Waals surface area (Å²) in [6.07, 6.45) is 9.80. The lowest BCUT2D eigenvalue weighted by Gasteiger charge is -2.41. The second-order valence-electron chi connectivity index (χ2n) is 13.5. The van der Waals surface area contributed by atoms with Gasteiger partial charge in [0.2, 0.25) is 0 Å². The third kappa shape index (κ3) is 7.47. The number of benzene rings is 2. The number of likely N-dealkylation sites (tertiary alicyclic amines) is 3. The third-order valence-corrected chi connectivity index (χ3v) is 10.9. The minimum absolute atomic E-state index is 0.00482. The fourth-order valence-corrected chi connectivity index (χ4v) is 7.92. The zero-order chi connectivity index (χ0) is 33.1.